The molecule has 2 aliphatic rings. The molecule has 0 atom stereocenters. The Hall–Kier alpha value is -6.65. The Morgan fingerprint density at radius 2 is 0.891 bits per heavy atom. The van der Waals surface area contributed by atoms with E-state index in [9.17, 15) is 0 Å². The predicted molar refractivity (Wildman–Crippen MR) is 224 cm³/mol. The number of hydrogen-bond donors (Lipinski definition) is 0. The summed E-state index contributed by atoms with van der Waals surface area (Å²) in [6.45, 7) is 0. The maximum absolute atomic E-state index is 6.21. The summed E-state index contributed by atoms with van der Waals surface area (Å²) in [7, 11) is 0. The third-order valence-electron chi connectivity index (χ3n) is 12.0. The Kier molecular flexibility index (Phi) is 7.38. The van der Waals surface area contributed by atoms with Gasteiger partial charge in [-0.3, -0.25) is 0 Å². The van der Waals surface area contributed by atoms with Crippen molar-refractivity contribution in [3.05, 3.63) is 175 Å². The highest BCUT2D eigenvalue weighted by Crippen LogP contribution is 2.56. The molecule has 0 bridgehead atoms. The first-order valence-electron chi connectivity index (χ1n) is 19.4. The molecule has 2 aliphatic carbocycles. The number of nitrogens with zero attached hydrogens (tertiary/aromatic N) is 3. The third-order valence-corrected chi connectivity index (χ3v) is 12.0. The van der Waals surface area contributed by atoms with Crippen LogP contribution in [0.4, 0.5) is 0 Å². The number of fused-ring (bicyclic) bond motifs is 8. The van der Waals surface area contributed by atoms with Gasteiger partial charge in [-0.1, -0.05) is 159 Å². The zero-order valence-electron chi connectivity index (χ0n) is 30.4. The minimum atomic E-state index is 0.189. The van der Waals surface area contributed by atoms with Gasteiger partial charge in [0.2, 0.25) is 0 Å². The molecule has 0 unspecified atom stereocenters. The quantitative estimate of drug-likeness (QED) is 0.179. The summed E-state index contributed by atoms with van der Waals surface area (Å²) in [6.07, 6.45) is 6.48. The predicted octanol–water partition coefficient (Wildman–Crippen LogP) is 13.3. The zero-order chi connectivity index (χ0) is 36.3. The van der Waals surface area contributed by atoms with Crippen molar-refractivity contribution in [2.24, 2.45) is 0 Å². The first-order valence-corrected chi connectivity index (χ1v) is 19.4. The van der Waals surface area contributed by atoms with E-state index in [1.54, 1.807) is 0 Å². The summed E-state index contributed by atoms with van der Waals surface area (Å²) in [5, 5.41) is 2.17. The number of aromatic nitrogens is 3. The topological polar surface area (TPSA) is 51.8 Å². The SMILES string of the molecule is c1ccc(-c2nc(-c3ccc(-c4ccc(-c5ccc6c(c5)-c5ccccc5C65CCCCC5)cc4)cc3)nc(-c3ccc4c(c3)oc3ccccc34)n2)cc1. The molecule has 1 fully saturated rings. The Balaban J connectivity index is 0.908. The van der Waals surface area contributed by atoms with Crippen molar-refractivity contribution in [3.63, 3.8) is 0 Å². The molecule has 7 aromatic carbocycles. The maximum Gasteiger partial charge on any atom is 0.164 e. The molecule has 262 valence electrons. The van der Waals surface area contributed by atoms with E-state index >= 15 is 0 Å². The molecular formula is C51H37N3O. The van der Waals surface area contributed by atoms with Gasteiger partial charge in [0, 0.05) is 32.9 Å². The van der Waals surface area contributed by atoms with Crippen LogP contribution in [-0.4, -0.2) is 15.0 Å². The summed E-state index contributed by atoms with van der Waals surface area (Å²) >= 11 is 0. The molecule has 0 saturated heterocycles. The Morgan fingerprint density at radius 1 is 0.364 bits per heavy atom. The summed E-state index contributed by atoms with van der Waals surface area (Å²) in [6, 6.07) is 58.3. The molecule has 55 heavy (non-hydrogen) atoms. The van der Waals surface area contributed by atoms with E-state index in [-0.39, 0.29) is 5.41 Å². The highest BCUT2D eigenvalue weighted by molar-refractivity contribution is 6.05. The first-order chi connectivity index (χ1) is 27.2. The van der Waals surface area contributed by atoms with Crippen LogP contribution in [0.25, 0.3) is 89.5 Å². The standard InChI is InChI=1S/C51H37N3O/c1-3-11-36(12-4-1)48-52-49(54-50(53-48)39-25-27-42-41-14-6-8-16-46(41)55-47(42)32-39)37-23-21-34(22-24-37)33-17-19-35(20-18-33)38-26-28-45-43(31-38)40-13-5-7-15-44(40)51(45)29-9-2-10-30-51/h1,3-8,11-28,31-32H,2,9-10,29-30H2. The van der Waals surface area contributed by atoms with Crippen LogP contribution in [0.3, 0.4) is 0 Å². The van der Waals surface area contributed by atoms with E-state index < -0.39 is 0 Å². The largest absolute Gasteiger partial charge is 0.456 e. The minimum absolute atomic E-state index is 0.189. The van der Waals surface area contributed by atoms with Crippen molar-refractivity contribution in [2.45, 2.75) is 37.5 Å². The maximum atomic E-state index is 6.21. The number of hydrogen-bond acceptors (Lipinski definition) is 4. The fraction of sp³-hybridized carbons (Fsp3) is 0.118. The monoisotopic (exact) mass is 707 g/mol. The molecule has 2 heterocycles. The van der Waals surface area contributed by atoms with Crippen molar-refractivity contribution < 1.29 is 4.42 Å². The van der Waals surface area contributed by atoms with Crippen LogP contribution in [-0.2, 0) is 5.41 Å². The third kappa shape index (κ3) is 5.32. The van der Waals surface area contributed by atoms with Crippen LogP contribution < -0.4 is 0 Å². The van der Waals surface area contributed by atoms with Gasteiger partial charge < -0.3 is 4.42 Å². The Morgan fingerprint density at radius 3 is 1.64 bits per heavy atom. The van der Waals surface area contributed by atoms with Crippen molar-refractivity contribution in [1.82, 2.24) is 15.0 Å². The Bertz CT molecular complexity index is 2880. The number of para-hydroxylation sites is 1. The Labute approximate surface area is 320 Å². The van der Waals surface area contributed by atoms with Gasteiger partial charge in [0.25, 0.3) is 0 Å². The van der Waals surface area contributed by atoms with Gasteiger partial charge in [0.1, 0.15) is 11.2 Å². The highest BCUT2D eigenvalue weighted by Gasteiger charge is 2.43. The molecule has 1 saturated carbocycles. The van der Waals surface area contributed by atoms with Crippen LogP contribution >= 0.6 is 0 Å². The van der Waals surface area contributed by atoms with Crippen molar-refractivity contribution in [1.29, 1.82) is 0 Å². The number of benzene rings is 7. The summed E-state index contributed by atoms with van der Waals surface area (Å²) in [4.78, 5) is 14.9. The van der Waals surface area contributed by atoms with E-state index in [1.165, 1.54) is 71.0 Å². The second-order valence-corrected chi connectivity index (χ2v) is 15.1. The molecule has 4 nitrogen and oxygen atoms in total. The summed E-state index contributed by atoms with van der Waals surface area (Å²) in [5.41, 5.74) is 15.3. The fourth-order valence-electron chi connectivity index (χ4n) is 9.22. The van der Waals surface area contributed by atoms with E-state index in [0.717, 1.165) is 44.2 Å². The molecule has 0 radical (unpaired) electrons. The fourth-order valence-corrected chi connectivity index (χ4v) is 9.22. The minimum Gasteiger partial charge on any atom is -0.456 e. The van der Waals surface area contributed by atoms with Crippen LogP contribution in [0.15, 0.2) is 168 Å². The molecule has 4 heteroatoms. The number of rotatable bonds is 5. The average Bonchev–Trinajstić information content (AvgIpc) is 3.76. The van der Waals surface area contributed by atoms with Gasteiger partial charge in [-0.05, 0) is 81.6 Å². The van der Waals surface area contributed by atoms with Crippen molar-refractivity contribution in [3.8, 4) is 67.5 Å². The van der Waals surface area contributed by atoms with Crippen LogP contribution in [0.1, 0.15) is 43.2 Å². The molecule has 2 aromatic heterocycles. The molecule has 0 aliphatic heterocycles. The average molecular weight is 708 g/mol. The van der Waals surface area contributed by atoms with Crippen molar-refractivity contribution in [2.75, 3.05) is 0 Å². The second-order valence-electron chi connectivity index (χ2n) is 15.1. The molecule has 1 spiro atoms. The molecular weight excluding hydrogens is 671 g/mol. The van der Waals surface area contributed by atoms with Crippen molar-refractivity contribution >= 4 is 21.9 Å². The normalized spacial score (nSPS) is 14.3. The van der Waals surface area contributed by atoms with Gasteiger partial charge in [-0.2, -0.15) is 0 Å². The highest BCUT2D eigenvalue weighted by atomic mass is 16.3. The number of furan rings is 1. The first kappa shape index (κ1) is 31.8. The lowest BCUT2D eigenvalue weighted by molar-refractivity contribution is 0.353. The molecule has 11 rings (SSSR count). The zero-order valence-corrected chi connectivity index (χ0v) is 30.4. The lowest BCUT2D eigenvalue weighted by Gasteiger charge is -2.36. The van der Waals surface area contributed by atoms with Gasteiger partial charge in [-0.15, -0.1) is 0 Å². The summed E-state index contributed by atoms with van der Waals surface area (Å²) < 4.78 is 6.21. The van der Waals surface area contributed by atoms with Crippen LogP contribution in [0.2, 0.25) is 0 Å². The van der Waals surface area contributed by atoms with Crippen LogP contribution in [0, 0.1) is 0 Å². The lowest BCUT2D eigenvalue weighted by Crippen LogP contribution is -2.27. The second kappa shape index (κ2) is 12.7. The molecule has 9 aromatic rings. The smallest absolute Gasteiger partial charge is 0.164 e. The van der Waals surface area contributed by atoms with Gasteiger partial charge in [0.05, 0.1) is 0 Å². The molecule has 0 amide bonds. The lowest BCUT2D eigenvalue weighted by atomic mass is 9.68. The summed E-state index contributed by atoms with van der Waals surface area (Å²) in [5.74, 6) is 1.87. The van der Waals surface area contributed by atoms with Gasteiger partial charge >= 0.3 is 0 Å². The van der Waals surface area contributed by atoms with Gasteiger partial charge in [-0.25, -0.2) is 15.0 Å². The van der Waals surface area contributed by atoms with E-state index in [0.29, 0.717) is 17.5 Å². The molecule has 0 N–H and O–H groups in total. The van der Waals surface area contributed by atoms with E-state index in [4.69, 9.17) is 19.4 Å². The van der Waals surface area contributed by atoms with E-state index in [1.807, 2.05) is 54.6 Å². The van der Waals surface area contributed by atoms with Crippen LogP contribution in [0.5, 0.6) is 0 Å². The van der Waals surface area contributed by atoms with Gasteiger partial charge in [0.15, 0.2) is 17.5 Å². The van der Waals surface area contributed by atoms with E-state index in [2.05, 4.69) is 109 Å².